The quantitative estimate of drug-likeness (QED) is 0.694. The van der Waals surface area contributed by atoms with E-state index in [1.54, 1.807) is 13.0 Å². The van der Waals surface area contributed by atoms with Gasteiger partial charge in [-0.1, -0.05) is 0 Å². The Bertz CT molecular complexity index is 371. The van der Waals surface area contributed by atoms with Crippen LogP contribution in [0.5, 0.6) is 0 Å². The Balaban J connectivity index is 3.43. The van der Waals surface area contributed by atoms with Crippen molar-refractivity contribution in [2.75, 3.05) is 0 Å². The maximum Gasteiger partial charge on any atom is 0.338 e. The van der Waals surface area contributed by atoms with Crippen molar-refractivity contribution in [3.8, 4) is 0 Å². The average molecular weight is 179 g/mol. The van der Waals surface area contributed by atoms with Crippen molar-refractivity contribution in [1.82, 2.24) is 4.98 Å². The number of carbonyl (C=O) groups excluding carboxylic acids is 1. The normalized spacial score (nSPS) is 9.69. The number of Topliss-reactive ketones (excluding diaryl/α,β-unsaturated/α-hetero) is 1. The molecule has 0 atom stereocenters. The third-order valence-electron chi connectivity index (χ3n) is 1.71. The number of hydrogen-bond donors (Lipinski definition) is 1. The van der Waals surface area contributed by atoms with Gasteiger partial charge >= 0.3 is 5.97 Å². The number of aryl methyl sites for hydroxylation is 1. The number of carbonyl (C=O) groups is 2. The molecular weight excluding hydrogens is 170 g/mol. The van der Waals surface area contributed by atoms with Crippen LogP contribution >= 0.6 is 0 Å². The minimum absolute atomic E-state index is 0.00463. The lowest BCUT2D eigenvalue weighted by molar-refractivity contribution is 0.0690. The fourth-order valence-corrected chi connectivity index (χ4v) is 1.10. The van der Waals surface area contributed by atoms with Crippen LogP contribution in [0.15, 0.2) is 12.3 Å². The molecule has 4 heteroatoms. The molecule has 0 aliphatic carbocycles. The van der Waals surface area contributed by atoms with Crippen LogP contribution in [-0.4, -0.2) is 21.8 Å². The summed E-state index contributed by atoms with van der Waals surface area (Å²) in [5.41, 5.74) is 0.565. The first kappa shape index (κ1) is 9.38. The molecule has 68 valence electrons. The van der Waals surface area contributed by atoms with Gasteiger partial charge in [0, 0.05) is 13.1 Å². The van der Waals surface area contributed by atoms with Crippen molar-refractivity contribution in [3.05, 3.63) is 29.1 Å². The van der Waals surface area contributed by atoms with Gasteiger partial charge in [-0.2, -0.15) is 0 Å². The monoisotopic (exact) mass is 179 g/mol. The minimum atomic E-state index is -1.11. The van der Waals surface area contributed by atoms with Gasteiger partial charge in [0.25, 0.3) is 0 Å². The van der Waals surface area contributed by atoms with E-state index in [4.69, 9.17) is 5.11 Å². The largest absolute Gasteiger partial charge is 0.478 e. The van der Waals surface area contributed by atoms with E-state index >= 15 is 0 Å². The Morgan fingerprint density at radius 2 is 2.08 bits per heavy atom. The summed E-state index contributed by atoms with van der Waals surface area (Å²) in [4.78, 5) is 25.5. The summed E-state index contributed by atoms with van der Waals surface area (Å²) in [6.07, 6.45) is 1.43. The molecule has 0 amide bonds. The number of aromatic carboxylic acids is 1. The van der Waals surface area contributed by atoms with Crippen molar-refractivity contribution in [2.45, 2.75) is 13.8 Å². The van der Waals surface area contributed by atoms with Crippen LogP contribution in [0.25, 0.3) is 0 Å². The van der Waals surface area contributed by atoms with E-state index in [2.05, 4.69) is 4.98 Å². The second-order valence-electron chi connectivity index (χ2n) is 2.71. The van der Waals surface area contributed by atoms with E-state index < -0.39 is 5.97 Å². The van der Waals surface area contributed by atoms with Gasteiger partial charge in [-0.05, 0) is 18.6 Å². The smallest absolute Gasteiger partial charge is 0.338 e. The first-order valence-corrected chi connectivity index (χ1v) is 3.74. The van der Waals surface area contributed by atoms with E-state index in [0.29, 0.717) is 5.56 Å². The van der Waals surface area contributed by atoms with Gasteiger partial charge in [0.15, 0.2) is 5.78 Å². The highest BCUT2D eigenvalue weighted by Crippen LogP contribution is 2.11. The van der Waals surface area contributed by atoms with Crippen LogP contribution in [-0.2, 0) is 0 Å². The summed E-state index contributed by atoms with van der Waals surface area (Å²) < 4.78 is 0. The molecule has 1 heterocycles. The number of rotatable bonds is 2. The van der Waals surface area contributed by atoms with Crippen molar-refractivity contribution in [3.63, 3.8) is 0 Å². The molecule has 1 rings (SSSR count). The third-order valence-corrected chi connectivity index (χ3v) is 1.71. The molecule has 0 radical (unpaired) electrons. The minimum Gasteiger partial charge on any atom is -0.478 e. The van der Waals surface area contributed by atoms with E-state index in [1.165, 1.54) is 13.1 Å². The molecule has 0 aliphatic rings. The van der Waals surface area contributed by atoms with Crippen molar-refractivity contribution in [1.29, 1.82) is 0 Å². The van der Waals surface area contributed by atoms with Crippen molar-refractivity contribution < 1.29 is 14.7 Å². The lowest BCUT2D eigenvalue weighted by Crippen LogP contribution is -2.10. The zero-order valence-corrected chi connectivity index (χ0v) is 7.37. The second-order valence-corrected chi connectivity index (χ2v) is 2.71. The number of pyridine rings is 1. The summed E-state index contributed by atoms with van der Waals surface area (Å²) in [6.45, 7) is 2.94. The Morgan fingerprint density at radius 3 is 2.46 bits per heavy atom. The number of ketones is 1. The molecule has 0 aromatic carbocycles. The molecule has 0 saturated heterocycles. The predicted molar refractivity (Wildman–Crippen MR) is 45.9 cm³/mol. The fourth-order valence-electron chi connectivity index (χ4n) is 1.10. The zero-order valence-electron chi connectivity index (χ0n) is 7.37. The van der Waals surface area contributed by atoms with Crippen LogP contribution < -0.4 is 0 Å². The molecule has 0 fully saturated rings. The number of aromatic nitrogens is 1. The highest BCUT2D eigenvalue weighted by molar-refractivity contribution is 6.04. The topological polar surface area (TPSA) is 67.3 Å². The molecule has 0 bridgehead atoms. The van der Waals surface area contributed by atoms with E-state index in [-0.39, 0.29) is 17.0 Å². The Morgan fingerprint density at radius 1 is 1.46 bits per heavy atom. The van der Waals surface area contributed by atoms with Gasteiger partial charge in [-0.15, -0.1) is 0 Å². The first-order chi connectivity index (χ1) is 6.04. The molecular formula is C9H9NO3. The Kier molecular flexibility index (Phi) is 2.41. The van der Waals surface area contributed by atoms with Gasteiger partial charge in [-0.25, -0.2) is 4.79 Å². The molecule has 0 unspecified atom stereocenters. The number of nitrogens with zero attached hydrogens (tertiary/aromatic N) is 1. The summed E-state index contributed by atoms with van der Waals surface area (Å²) >= 11 is 0. The molecule has 1 aromatic rings. The molecule has 13 heavy (non-hydrogen) atoms. The fraction of sp³-hybridized carbons (Fsp3) is 0.222. The zero-order chi connectivity index (χ0) is 10.0. The molecule has 0 saturated carbocycles. The van der Waals surface area contributed by atoms with E-state index in [0.717, 1.165) is 0 Å². The standard InChI is InChI=1S/C9H9NO3/c1-5-3-4-10-8(6(2)11)7(5)9(12)13/h3-4H,1-2H3,(H,12,13). The van der Waals surface area contributed by atoms with E-state index in [9.17, 15) is 9.59 Å². The highest BCUT2D eigenvalue weighted by Gasteiger charge is 2.16. The van der Waals surface area contributed by atoms with Crippen LogP contribution in [0.2, 0.25) is 0 Å². The Hall–Kier alpha value is -1.71. The average Bonchev–Trinajstić information content (AvgIpc) is 2.02. The van der Waals surface area contributed by atoms with Gasteiger partial charge in [-0.3, -0.25) is 9.78 Å². The molecule has 0 spiro atoms. The first-order valence-electron chi connectivity index (χ1n) is 3.74. The predicted octanol–water partition coefficient (Wildman–Crippen LogP) is 1.29. The molecule has 1 N–H and O–H groups in total. The van der Waals surface area contributed by atoms with Crippen molar-refractivity contribution in [2.24, 2.45) is 0 Å². The SMILES string of the molecule is CC(=O)c1nccc(C)c1C(=O)O. The Labute approximate surface area is 75.2 Å². The van der Waals surface area contributed by atoms with Crippen LogP contribution in [0.3, 0.4) is 0 Å². The lowest BCUT2D eigenvalue weighted by Gasteiger charge is -2.03. The maximum atomic E-state index is 11.0. The molecule has 4 nitrogen and oxygen atoms in total. The van der Waals surface area contributed by atoms with Crippen LogP contribution in [0, 0.1) is 6.92 Å². The van der Waals surface area contributed by atoms with Crippen LogP contribution in [0.1, 0.15) is 33.3 Å². The van der Waals surface area contributed by atoms with Gasteiger partial charge < -0.3 is 5.11 Å². The summed E-state index contributed by atoms with van der Waals surface area (Å²) in [5, 5.41) is 8.80. The molecule has 0 aliphatic heterocycles. The van der Waals surface area contributed by atoms with Crippen LogP contribution in [0.4, 0.5) is 0 Å². The number of hydrogen-bond acceptors (Lipinski definition) is 3. The van der Waals surface area contributed by atoms with Crippen molar-refractivity contribution >= 4 is 11.8 Å². The van der Waals surface area contributed by atoms with Gasteiger partial charge in [0.05, 0.1) is 5.56 Å². The third kappa shape index (κ3) is 1.72. The summed E-state index contributed by atoms with van der Waals surface area (Å²) in [7, 11) is 0. The second kappa shape index (κ2) is 3.35. The van der Waals surface area contributed by atoms with Gasteiger partial charge in [0.2, 0.25) is 0 Å². The highest BCUT2D eigenvalue weighted by atomic mass is 16.4. The molecule has 1 aromatic heterocycles. The van der Waals surface area contributed by atoms with E-state index in [1.807, 2.05) is 0 Å². The maximum absolute atomic E-state index is 11.0. The number of carboxylic acids is 1. The number of carboxylic acid groups (broad SMARTS) is 1. The lowest BCUT2D eigenvalue weighted by atomic mass is 10.1. The summed E-state index contributed by atoms with van der Waals surface area (Å²) in [5.74, 6) is -1.45. The van der Waals surface area contributed by atoms with Gasteiger partial charge in [0.1, 0.15) is 5.69 Å². The summed E-state index contributed by atoms with van der Waals surface area (Å²) in [6, 6.07) is 1.57.